The third-order valence-electron chi connectivity index (χ3n) is 4.58. The summed E-state index contributed by atoms with van der Waals surface area (Å²) in [6, 6.07) is 25.9. The zero-order valence-electron chi connectivity index (χ0n) is 14.6. The number of aromatic nitrogens is 1. The van der Waals surface area contributed by atoms with Gasteiger partial charge in [-0.05, 0) is 52.4 Å². The average molecular weight is 341 g/mol. The molecule has 1 aromatic heterocycles. The van der Waals surface area contributed by atoms with Gasteiger partial charge in [-0.15, -0.1) is 0 Å². The molecule has 0 atom stereocenters. The van der Waals surface area contributed by atoms with E-state index in [2.05, 4.69) is 6.07 Å². The van der Waals surface area contributed by atoms with Crippen LogP contribution < -0.4 is 10.3 Å². The molecule has 0 N–H and O–H groups in total. The quantitative estimate of drug-likeness (QED) is 0.537. The fourth-order valence-electron chi connectivity index (χ4n) is 3.17. The summed E-state index contributed by atoms with van der Waals surface area (Å²) in [5.41, 5.74) is 3.28. The Labute approximate surface area is 152 Å². The summed E-state index contributed by atoms with van der Waals surface area (Å²) in [5.74, 6) is 0.820. The minimum atomic E-state index is 0.0311. The van der Waals surface area contributed by atoms with E-state index in [1.165, 1.54) is 0 Å². The van der Waals surface area contributed by atoms with E-state index in [0.29, 0.717) is 6.54 Å². The van der Waals surface area contributed by atoms with Crippen molar-refractivity contribution in [3.8, 4) is 16.9 Å². The topological polar surface area (TPSA) is 31.2 Å². The lowest BCUT2D eigenvalue weighted by Gasteiger charge is -2.09. The van der Waals surface area contributed by atoms with E-state index < -0.39 is 0 Å². The lowest BCUT2D eigenvalue weighted by molar-refractivity contribution is 0.415. The molecule has 26 heavy (non-hydrogen) atoms. The Balaban J connectivity index is 1.74. The predicted octanol–water partition coefficient (Wildman–Crippen LogP) is 4.73. The van der Waals surface area contributed by atoms with Crippen LogP contribution in [0.5, 0.6) is 5.75 Å². The standard InChI is InChI=1S/C23H19NO2/c1-26-21-9-5-8-18(15-21)19-10-11-22-20(14-19)12-13-24(23(22)25)16-17-6-3-2-4-7-17/h2-15H,16H2,1H3. The molecule has 3 nitrogen and oxygen atoms in total. The monoisotopic (exact) mass is 341 g/mol. The van der Waals surface area contributed by atoms with Gasteiger partial charge in [0.25, 0.3) is 5.56 Å². The summed E-state index contributed by atoms with van der Waals surface area (Å²) in [4.78, 5) is 12.8. The van der Waals surface area contributed by atoms with Crippen LogP contribution in [0, 0.1) is 0 Å². The van der Waals surface area contributed by atoms with Crippen molar-refractivity contribution in [2.75, 3.05) is 7.11 Å². The molecule has 128 valence electrons. The van der Waals surface area contributed by atoms with Crippen LogP contribution in [0.3, 0.4) is 0 Å². The minimum absolute atomic E-state index is 0.0311. The van der Waals surface area contributed by atoms with Crippen LogP contribution in [0.4, 0.5) is 0 Å². The molecule has 0 saturated heterocycles. The van der Waals surface area contributed by atoms with Gasteiger partial charge < -0.3 is 9.30 Å². The van der Waals surface area contributed by atoms with Crippen molar-refractivity contribution in [3.63, 3.8) is 0 Å². The van der Waals surface area contributed by atoms with Crippen LogP contribution in [-0.4, -0.2) is 11.7 Å². The van der Waals surface area contributed by atoms with Gasteiger partial charge >= 0.3 is 0 Å². The zero-order chi connectivity index (χ0) is 17.9. The van der Waals surface area contributed by atoms with Crippen molar-refractivity contribution in [1.82, 2.24) is 4.57 Å². The third kappa shape index (κ3) is 3.11. The molecule has 0 aliphatic carbocycles. The molecule has 0 unspecified atom stereocenters. The lowest BCUT2D eigenvalue weighted by atomic mass is 10.0. The fraction of sp³-hybridized carbons (Fsp3) is 0.0870. The first-order chi connectivity index (χ1) is 12.7. The number of hydrogen-bond donors (Lipinski definition) is 0. The van der Waals surface area contributed by atoms with Crippen LogP contribution in [0.1, 0.15) is 5.56 Å². The van der Waals surface area contributed by atoms with Gasteiger partial charge in [-0.25, -0.2) is 0 Å². The van der Waals surface area contributed by atoms with Gasteiger partial charge in [0.05, 0.1) is 13.7 Å². The zero-order valence-corrected chi connectivity index (χ0v) is 14.6. The molecule has 0 radical (unpaired) electrons. The maximum absolute atomic E-state index is 12.8. The van der Waals surface area contributed by atoms with Crippen LogP contribution in [0.25, 0.3) is 21.9 Å². The molecule has 0 aliphatic rings. The summed E-state index contributed by atoms with van der Waals surface area (Å²) in [7, 11) is 1.66. The Morgan fingerprint density at radius 1 is 0.846 bits per heavy atom. The molecule has 0 amide bonds. The molecule has 1 heterocycles. The maximum Gasteiger partial charge on any atom is 0.258 e. The molecule has 0 bridgehead atoms. The molecule has 4 rings (SSSR count). The third-order valence-corrected chi connectivity index (χ3v) is 4.58. The van der Waals surface area contributed by atoms with E-state index in [1.54, 1.807) is 11.7 Å². The lowest BCUT2D eigenvalue weighted by Crippen LogP contribution is -2.19. The molecular weight excluding hydrogens is 322 g/mol. The minimum Gasteiger partial charge on any atom is -0.497 e. The van der Waals surface area contributed by atoms with Crippen molar-refractivity contribution in [3.05, 3.63) is 101 Å². The first-order valence-corrected chi connectivity index (χ1v) is 8.56. The highest BCUT2D eigenvalue weighted by Crippen LogP contribution is 2.26. The Hall–Kier alpha value is -3.33. The fourth-order valence-corrected chi connectivity index (χ4v) is 3.17. The molecule has 4 aromatic rings. The van der Waals surface area contributed by atoms with Crippen molar-refractivity contribution in [1.29, 1.82) is 0 Å². The van der Waals surface area contributed by atoms with Gasteiger partial charge in [-0.1, -0.05) is 48.5 Å². The predicted molar refractivity (Wildman–Crippen MR) is 106 cm³/mol. The summed E-state index contributed by atoms with van der Waals surface area (Å²) in [5, 5.41) is 1.68. The Morgan fingerprint density at radius 3 is 2.46 bits per heavy atom. The van der Waals surface area contributed by atoms with Crippen LogP contribution in [-0.2, 0) is 6.54 Å². The Morgan fingerprint density at radius 2 is 1.65 bits per heavy atom. The molecule has 3 heteroatoms. The number of fused-ring (bicyclic) bond motifs is 1. The van der Waals surface area contributed by atoms with E-state index in [9.17, 15) is 4.79 Å². The van der Waals surface area contributed by atoms with Crippen molar-refractivity contribution in [2.45, 2.75) is 6.54 Å². The van der Waals surface area contributed by atoms with Crippen molar-refractivity contribution in [2.24, 2.45) is 0 Å². The second kappa shape index (κ2) is 6.89. The number of rotatable bonds is 4. The maximum atomic E-state index is 12.8. The highest BCUT2D eigenvalue weighted by atomic mass is 16.5. The SMILES string of the molecule is COc1cccc(-c2ccc3c(=O)n(Cc4ccccc4)ccc3c2)c1. The molecule has 0 saturated carbocycles. The molecular formula is C23H19NO2. The average Bonchev–Trinajstić information content (AvgIpc) is 2.71. The number of methoxy groups -OCH3 is 1. The van der Waals surface area contributed by atoms with E-state index in [4.69, 9.17) is 4.74 Å². The summed E-state index contributed by atoms with van der Waals surface area (Å²) in [6.45, 7) is 0.577. The first kappa shape index (κ1) is 16.2. The van der Waals surface area contributed by atoms with Gasteiger partial charge in [0.15, 0.2) is 0 Å². The second-order valence-corrected chi connectivity index (χ2v) is 6.27. The van der Waals surface area contributed by atoms with E-state index in [0.717, 1.165) is 33.2 Å². The molecule has 0 fully saturated rings. The van der Waals surface area contributed by atoms with E-state index >= 15 is 0 Å². The van der Waals surface area contributed by atoms with E-state index in [1.807, 2.05) is 79.0 Å². The highest BCUT2D eigenvalue weighted by Gasteiger charge is 2.06. The Bertz CT molecular complexity index is 1110. The van der Waals surface area contributed by atoms with Crippen LogP contribution >= 0.6 is 0 Å². The number of hydrogen-bond acceptors (Lipinski definition) is 2. The highest BCUT2D eigenvalue weighted by molar-refractivity contribution is 5.86. The van der Waals surface area contributed by atoms with Gasteiger partial charge in [0.1, 0.15) is 5.75 Å². The van der Waals surface area contributed by atoms with Gasteiger partial charge in [-0.3, -0.25) is 4.79 Å². The van der Waals surface area contributed by atoms with Gasteiger partial charge in [0, 0.05) is 11.6 Å². The van der Waals surface area contributed by atoms with Crippen molar-refractivity contribution >= 4 is 10.8 Å². The van der Waals surface area contributed by atoms with E-state index in [-0.39, 0.29) is 5.56 Å². The van der Waals surface area contributed by atoms with Crippen LogP contribution in [0.15, 0.2) is 89.9 Å². The number of ether oxygens (including phenoxy) is 1. The van der Waals surface area contributed by atoms with Gasteiger partial charge in [0.2, 0.25) is 0 Å². The molecule has 3 aromatic carbocycles. The van der Waals surface area contributed by atoms with Crippen LogP contribution in [0.2, 0.25) is 0 Å². The normalized spacial score (nSPS) is 10.8. The van der Waals surface area contributed by atoms with Gasteiger partial charge in [-0.2, -0.15) is 0 Å². The smallest absolute Gasteiger partial charge is 0.258 e. The first-order valence-electron chi connectivity index (χ1n) is 8.56. The summed E-state index contributed by atoms with van der Waals surface area (Å²) < 4.78 is 7.05. The molecule has 0 aliphatic heterocycles. The second-order valence-electron chi connectivity index (χ2n) is 6.27. The number of benzene rings is 3. The van der Waals surface area contributed by atoms with Crippen molar-refractivity contribution < 1.29 is 4.74 Å². The summed E-state index contributed by atoms with van der Waals surface area (Å²) in [6.07, 6.45) is 1.87. The Kier molecular flexibility index (Phi) is 4.28. The largest absolute Gasteiger partial charge is 0.497 e. The molecule has 0 spiro atoms. The number of pyridine rings is 1. The number of nitrogens with zero attached hydrogens (tertiary/aromatic N) is 1. The summed E-state index contributed by atoms with van der Waals surface area (Å²) >= 11 is 0.